The fraction of sp³-hybridized carbons (Fsp3) is 0.250. The molecule has 108 valence electrons. The minimum atomic E-state index is -1.21. The van der Waals surface area contributed by atoms with Crippen LogP contribution in [0.3, 0.4) is 0 Å². The second kappa shape index (κ2) is 6.53. The molecule has 1 unspecified atom stereocenters. The lowest BCUT2D eigenvalue weighted by atomic mass is 10.1. The number of aromatic carboxylic acids is 1. The number of carboxylic acids is 2. The van der Waals surface area contributed by atoms with Crippen LogP contribution in [0.2, 0.25) is 0 Å². The quantitative estimate of drug-likeness (QED) is 0.468. The van der Waals surface area contributed by atoms with Crippen LogP contribution in [0.5, 0.6) is 5.75 Å². The number of rotatable bonds is 6. The van der Waals surface area contributed by atoms with Gasteiger partial charge < -0.3 is 26.4 Å². The zero-order valence-corrected chi connectivity index (χ0v) is 10.4. The molecule has 1 aromatic carbocycles. The summed E-state index contributed by atoms with van der Waals surface area (Å²) < 4.78 is 0. The Morgan fingerprint density at radius 1 is 1.25 bits per heavy atom. The molecule has 8 nitrogen and oxygen atoms in total. The monoisotopic (exact) mass is 282 g/mol. The summed E-state index contributed by atoms with van der Waals surface area (Å²) in [5.41, 5.74) is 5.28. The molecule has 1 atom stereocenters. The van der Waals surface area contributed by atoms with Gasteiger partial charge in [-0.1, -0.05) is 0 Å². The highest BCUT2D eigenvalue weighted by Gasteiger charge is 2.17. The summed E-state index contributed by atoms with van der Waals surface area (Å²) in [5, 5.41) is 29.1. The van der Waals surface area contributed by atoms with Gasteiger partial charge in [-0.3, -0.25) is 9.59 Å². The number of carbonyl (C=O) groups is 3. The topological polar surface area (TPSA) is 150 Å². The largest absolute Gasteiger partial charge is 0.506 e. The van der Waals surface area contributed by atoms with E-state index in [9.17, 15) is 19.5 Å². The maximum absolute atomic E-state index is 11.7. The summed E-state index contributed by atoms with van der Waals surface area (Å²) >= 11 is 0. The maximum Gasteiger partial charge on any atom is 0.335 e. The van der Waals surface area contributed by atoms with E-state index in [4.69, 9.17) is 15.9 Å². The molecule has 0 aliphatic carbocycles. The molecule has 20 heavy (non-hydrogen) atoms. The first-order chi connectivity index (χ1) is 9.31. The van der Waals surface area contributed by atoms with Crippen LogP contribution in [0.1, 0.15) is 23.2 Å². The van der Waals surface area contributed by atoms with Crippen LogP contribution in [-0.4, -0.2) is 39.2 Å². The number of nitrogens with one attached hydrogen (secondary N) is 1. The number of phenolic OH excluding ortho intramolecular Hbond substituents is 1. The molecule has 0 fully saturated rings. The number of phenols is 1. The van der Waals surface area contributed by atoms with Crippen molar-refractivity contribution in [3.63, 3.8) is 0 Å². The zero-order chi connectivity index (χ0) is 15.3. The van der Waals surface area contributed by atoms with Gasteiger partial charge in [-0.2, -0.15) is 0 Å². The van der Waals surface area contributed by atoms with Crippen molar-refractivity contribution >= 4 is 23.5 Å². The van der Waals surface area contributed by atoms with Crippen molar-refractivity contribution in [1.29, 1.82) is 0 Å². The Bertz CT molecular complexity index is 543. The highest BCUT2D eigenvalue weighted by molar-refractivity contribution is 5.98. The molecule has 0 spiro atoms. The Hall–Kier alpha value is -2.61. The van der Waals surface area contributed by atoms with Gasteiger partial charge in [0.25, 0.3) is 0 Å². The van der Waals surface area contributed by atoms with E-state index in [0.717, 1.165) is 12.1 Å². The minimum Gasteiger partial charge on any atom is -0.506 e. The van der Waals surface area contributed by atoms with Crippen molar-refractivity contribution in [3.05, 3.63) is 23.8 Å². The van der Waals surface area contributed by atoms with Crippen molar-refractivity contribution in [3.8, 4) is 5.75 Å². The van der Waals surface area contributed by atoms with E-state index < -0.39 is 23.9 Å². The number of nitrogens with two attached hydrogens (primary N) is 1. The van der Waals surface area contributed by atoms with Crippen LogP contribution in [-0.2, 0) is 9.59 Å². The summed E-state index contributed by atoms with van der Waals surface area (Å²) in [5.74, 6) is -3.31. The van der Waals surface area contributed by atoms with Crippen LogP contribution >= 0.6 is 0 Å². The molecular weight excluding hydrogens is 268 g/mol. The number of aliphatic carboxylic acids is 1. The summed E-state index contributed by atoms with van der Waals surface area (Å²) in [6.07, 6.45) is -0.337. The number of aromatic hydroxyl groups is 1. The Morgan fingerprint density at radius 2 is 1.90 bits per heavy atom. The third-order valence-corrected chi connectivity index (χ3v) is 2.51. The van der Waals surface area contributed by atoms with Crippen molar-refractivity contribution in [1.82, 2.24) is 0 Å². The van der Waals surface area contributed by atoms with Gasteiger partial charge in [-0.25, -0.2) is 4.79 Å². The molecule has 8 heteroatoms. The van der Waals surface area contributed by atoms with Gasteiger partial charge in [0.2, 0.25) is 5.91 Å². The average molecular weight is 282 g/mol. The summed E-state index contributed by atoms with van der Waals surface area (Å²) in [6, 6.07) is 2.32. The predicted molar refractivity (Wildman–Crippen MR) is 68.5 cm³/mol. The van der Waals surface area contributed by atoms with Gasteiger partial charge in [0.1, 0.15) is 5.75 Å². The third-order valence-electron chi connectivity index (χ3n) is 2.51. The van der Waals surface area contributed by atoms with Crippen molar-refractivity contribution in [2.45, 2.75) is 18.9 Å². The smallest absolute Gasteiger partial charge is 0.335 e. The first kappa shape index (κ1) is 15.4. The molecule has 1 amide bonds. The van der Waals surface area contributed by atoms with Gasteiger partial charge in [0, 0.05) is 6.42 Å². The number of hydrogen-bond acceptors (Lipinski definition) is 5. The lowest BCUT2D eigenvalue weighted by molar-refractivity contribution is -0.137. The predicted octanol–water partition coefficient (Wildman–Crippen LogP) is 0.221. The number of benzene rings is 1. The molecule has 0 heterocycles. The van der Waals surface area contributed by atoms with Crippen molar-refractivity contribution in [2.24, 2.45) is 5.73 Å². The van der Waals surface area contributed by atoms with Crippen LogP contribution < -0.4 is 11.1 Å². The first-order valence-electron chi connectivity index (χ1n) is 5.66. The fourth-order valence-electron chi connectivity index (χ4n) is 1.40. The van der Waals surface area contributed by atoms with E-state index in [2.05, 4.69) is 5.32 Å². The standard InChI is InChI=1S/C12H14N2O6/c13-7(2-4-10(16)17)11(18)14-8-5-6(12(19)20)1-3-9(8)15/h1,3,5,7,15H,2,4,13H2,(H,14,18)(H,16,17)(H,19,20). The minimum absolute atomic E-state index is 0.0689. The van der Waals surface area contributed by atoms with E-state index in [1.165, 1.54) is 6.07 Å². The second-order valence-electron chi connectivity index (χ2n) is 4.07. The Morgan fingerprint density at radius 3 is 2.45 bits per heavy atom. The van der Waals surface area contributed by atoms with E-state index in [-0.39, 0.29) is 29.8 Å². The molecule has 0 aromatic heterocycles. The second-order valence-corrected chi connectivity index (χ2v) is 4.07. The SMILES string of the molecule is NC(CCC(=O)O)C(=O)Nc1cc(C(=O)O)ccc1O. The fourth-order valence-corrected chi connectivity index (χ4v) is 1.40. The van der Waals surface area contributed by atoms with Crippen molar-refractivity contribution < 1.29 is 29.7 Å². The normalized spacial score (nSPS) is 11.7. The van der Waals surface area contributed by atoms with Crippen LogP contribution in [0, 0.1) is 0 Å². The van der Waals surface area contributed by atoms with Crippen LogP contribution in [0.15, 0.2) is 18.2 Å². The highest BCUT2D eigenvalue weighted by atomic mass is 16.4. The molecule has 6 N–H and O–H groups in total. The molecule has 1 rings (SSSR count). The van der Waals surface area contributed by atoms with Gasteiger partial charge in [-0.15, -0.1) is 0 Å². The summed E-state index contributed by atoms with van der Waals surface area (Å²) in [6.45, 7) is 0. The summed E-state index contributed by atoms with van der Waals surface area (Å²) in [7, 11) is 0. The Labute approximate surface area is 113 Å². The van der Waals surface area contributed by atoms with Crippen LogP contribution in [0.4, 0.5) is 5.69 Å². The van der Waals surface area contributed by atoms with E-state index >= 15 is 0 Å². The number of anilines is 1. The highest BCUT2D eigenvalue weighted by Crippen LogP contribution is 2.24. The molecule has 0 saturated heterocycles. The number of carbonyl (C=O) groups excluding carboxylic acids is 1. The van der Waals surface area contributed by atoms with Gasteiger partial charge in [0.05, 0.1) is 17.3 Å². The lowest BCUT2D eigenvalue weighted by Gasteiger charge is -2.12. The molecule has 0 saturated carbocycles. The number of carboxylic acid groups (broad SMARTS) is 2. The van der Waals surface area contributed by atoms with Crippen molar-refractivity contribution in [2.75, 3.05) is 5.32 Å². The maximum atomic E-state index is 11.7. The molecule has 0 aliphatic rings. The van der Waals surface area contributed by atoms with Gasteiger partial charge in [0.15, 0.2) is 0 Å². The van der Waals surface area contributed by atoms with Gasteiger partial charge >= 0.3 is 11.9 Å². The van der Waals surface area contributed by atoms with Gasteiger partial charge in [-0.05, 0) is 24.6 Å². The van der Waals surface area contributed by atoms with Crippen LogP contribution in [0.25, 0.3) is 0 Å². The Kier molecular flexibility index (Phi) is 5.04. The number of hydrogen-bond donors (Lipinski definition) is 5. The zero-order valence-electron chi connectivity index (χ0n) is 10.4. The molecule has 1 aromatic rings. The van der Waals surface area contributed by atoms with E-state index in [1.807, 2.05) is 0 Å². The molecule has 0 radical (unpaired) electrons. The van der Waals surface area contributed by atoms with E-state index in [0.29, 0.717) is 0 Å². The third kappa shape index (κ3) is 4.25. The lowest BCUT2D eigenvalue weighted by Crippen LogP contribution is -2.36. The molecule has 0 bridgehead atoms. The number of amides is 1. The summed E-state index contributed by atoms with van der Waals surface area (Å²) in [4.78, 5) is 32.8. The first-order valence-corrected chi connectivity index (χ1v) is 5.66. The molecule has 0 aliphatic heterocycles. The Balaban J connectivity index is 2.77. The molecular formula is C12H14N2O6. The van der Waals surface area contributed by atoms with E-state index in [1.54, 1.807) is 0 Å². The average Bonchev–Trinajstić information content (AvgIpc) is 2.37.